The molecule has 0 aromatic carbocycles. The Morgan fingerprint density at radius 1 is 1.00 bits per heavy atom. The van der Waals surface area contributed by atoms with Gasteiger partial charge in [-0.15, -0.1) is 0 Å². The maximum atomic E-state index is 4.12. The second-order valence-corrected chi connectivity index (χ2v) is 2.67. The summed E-state index contributed by atoms with van der Waals surface area (Å²) < 4.78 is 0. The standard InChI is InChI=1S/C8H9N3.2C2H6/c1-5-3-7-8(11-5)6(2)9-4-10-7;2*1-2/h3-4,11H,1-2H3;2*1-2H3. The SMILES string of the molecule is CC.CC.Cc1cc2ncnc(C)c2[nH]1. The largest absolute Gasteiger partial charge is 0.356 e. The van der Waals surface area contributed by atoms with Crippen LogP contribution in [0.5, 0.6) is 0 Å². The van der Waals surface area contributed by atoms with Gasteiger partial charge in [-0.2, -0.15) is 0 Å². The molecule has 2 aromatic heterocycles. The fourth-order valence-corrected chi connectivity index (χ4v) is 1.19. The Kier molecular flexibility index (Phi) is 6.34. The van der Waals surface area contributed by atoms with Crippen molar-refractivity contribution in [1.29, 1.82) is 0 Å². The van der Waals surface area contributed by atoms with Crippen LogP contribution in [0.1, 0.15) is 39.1 Å². The van der Waals surface area contributed by atoms with Gasteiger partial charge >= 0.3 is 0 Å². The van der Waals surface area contributed by atoms with Gasteiger partial charge in [0.1, 0.15) is 6.33 Å². The summed E-state index contributed by atoms with van der Waals surface area (Å²) in [5.74, 6) is 0. The highest BCUT2D eigenvalue weighted by Crippen LogP contribution is 2.13. The number of aromatic amines is 1. The monoisotopic (exact) mass is 207 g/mol. The quantitative estimate of drug-likeness (QED) is 0.716. The van der Waals surface area contributed by atoms with E-state index in [4.69, 9.17) is 0 Å². The lowest BCUT2D eigenvalue weighted by Crippen LogP contribution is -1.83. The predicted octanol–water partition coefficient (Wildman–Crippen LogP) is 3.63. The van der Waals surface area contributed by atoms with E-state index >= 15 is 0 Å². The Labute approximate surface area is 92.0 Å². The second kappa shape index (κ2) is 6.98. The number of aromatic nitrogens is 3. The second-order valence-electron chi connectivity index (χ2n) is 2.67. The zero-order valence-electron chi connectivity index (χ0n) is 10.5. The molecule has 0 fully saturated rings. The molecule has 84 valence electrons. The number of rotatable bonds is 0. The van der Waals surface area contributed by atoms with Crippen LogP contribution in [0.2, 0.25) is 0 Å². The van der Waals surface area contributed by atoms with Gasteiger partial charge in [0.2, 0.25) is 0 Å². The van der Waals surface area contributed by atoms with E-state index in [1.54, 1.807) is 6.33 Å². The van der Waals surface area contributed by atoms with Gasteiger partial charge in [0.15, 0.2) is 0 Å². The van der Waals surface area contributed by atoms with Gasteiger partial charge in [0, 0.05) is 5.69 Å². The minimum Gasteiger partial charge on any atom is -0.356 e. The average Bonchev–Trinajstić information content (AvgIpc) is 2.66. The molecule has 0 aliphatic carbocycles. The van der Waals surface area contributed by atoms with E-state index in [0.29, 0.717) is 0 Å². The minimum atomic E-state index is 0.995. The topological polar surface area (TPSA) is 41.6 Å². The third-order valence-corrected chi connectivity index (χ3v) is 1.74. The van der Waals surface area contributed by atoms with Crippen LogP contribution in [0.25, 0.3) is 11.0 Å². The third-order valence-electron chi connectivity index (χ3n) is 1.74. The Bertz CT molecular complexity index is 391. The van der Waals surface area contributed by atoms with Gasteiger partial charge in [0.25, 0.3) is 0 Å². The molecule has 0 bridgehead atoms. The lowest BCUT2D eigenvalue weighted by molar-refractivity contribution is 1.14. The highest BCUT2D eigenvalue weighted by Gasteiger charge is 2.00. The van der Waals surface area contributed by atoms with Crippen LogP contribution in [0, 0.1) is 13.8 Å². The van der Waals surface area contributed by atoms with E-state index in [0.717, 1.165) is 22.4 Å². The first-order valence-corrected chi connectivity index (χ1v) is 5.54. The van der Waals surface area contributed by atoms with Gasteiger partial charge in [0.05, 0.1) is 16.7 Å². The summed E-state index contributed by atoms with van der Waals surface area (Å²) in [6.45, 7) is 12.0. The Hall–Kier alpha value is -1.38. The molecule has 0 amide bonds. The molecule has 0 atom stereocenters. The molecular weight excluding hydrogens is 186 g/mol. The first-order chi connectivity index (χ1) is 7.27. The molecular formula is C12H21N3. The van der Waals surface area contributed by atoms with E-state index < -0.39 is 0 Å². The van der Waals surface area contributed by atoms with E-state index in [1.807, 2.05) is 47.6 Å². The number of hydrogen-bond donors (Lipinski definition) is 1. The Balaban J connectivity index is 0.000000442. The summed E-state index contributed by atoms with van der Waals surface area (Å²) >= 11 is 0. The Morgan fingerprint density at radius 2 is 1.60 bits per heavy atom. The summed E-state index contributed by atoms with van der Waals surface area (Å²) in [5, 5.41) is 0. The number of nitrogens with zero attached hydrogens (tertiary/aromatic N) is 2. The summed E-state index contributed by atoms with van der Waals surface area (Å²) in [4.78, 5) is 11.4. The van der Waals surface area contributed by atoms with Gasteiger partial charge in [-0.1, -0.05) is 27.7 Å². The van der Waals surface area contributed by atoms with Crippen molar-refractivity contribution in [2.75, 3.05) is 0 Å². The van der Waals surface area contributed by atoms with Crippen molar-refractivity contribution in [2.24, 2.45) is 0 Å². The lowest BCUT2D eigenvalue weighted by Gasteiger charge is -1.90. The van der Waals surface area contributed by atoms with E-state index in [9.17, 15) is 0 Å². The summed E-state index contributed by atoms with van der Waals surface area (Å²) in [5.41, 5.74) is 4.17. The maximum absolute atomic E-state index is 4.12. The smallest absolute Gasteiger partial charge is 0.116 e. The van der Waals surface area contributed by atoms with Gasteiger partial charge < -0.3 is 4.98 Å². The molecule has 0 radical (unpaired) electrons. The zero-order chi connectivity index (χ0) is 11.8. The molecule has 2 heterocycles. The van der Waals surface area contributed by atoms with Crippen molar-refractivity contribution in [3.05, 3.63) is 23.8 Å². The fraction of sp³-hybridized carbons (Fsp3) is 0.500. The molecule has 2 aromatic rings. The minimum absolute atomic E-state index is 0.995. The molecule has 3 nitrogen and oxygen atoms in total. The predicted molar refractivity (Wildman–Crippen MR) is 66.1 cm³/mol. The van der Waals surface area contributed by atoms with Gasteiger partial charge in [-0.3, -0.25) is 0 Å². The Morgan fingerprint density at radius 3 is 2.13 bits per heavy atom. The molecule has 1 N–H and O–H groups in total. The van der Waals surface area contributed by atoms with Crippen molar-refractivity contribution in [1.82, 2.24) is 15.0 Å². The fourth-order valence-electron chi connectivity index (χ4n) is 1.19. The average molecular weight is 207 g/mol. The first kappa shape index (κ1) is 13.6. The molecule has 0 unspecified atom stereocenters. The molecule has 0 aliphatic heterocycles. The number of nitrogens with one attached hydrogen (secondary N) is 1. The van der Waals surface area contributed by atoms with Crippen molar-refractivity contribution >= 4 is 11.0 Å². The van der Waals surface area contributed by atoms with Gasteiger partial charge in [-0.25, -0.2) is 9.97 Å². The molecule has 0 spiro atoms. The van der Waals surface area contributed by atoms with Crippen molar-refractivity contribution < 1.29 is 0 Å². The molecule has 0 aliphatic rings. The summed E-state index contributed by atoms with van der Waals surface area (Å²) in [6, 6.07) is 2.02. The van der Waals surface area contributed by atoms with Crippen LogP contribution in [-0.2, 0) is 0 Å². The van der Waals surface area contributed by atoms with E-state index in [2.05, 4.69) is 15.0 Å². The highest BCUT2D eigenvalue weighted by atomic mass is 14.9. The number of fused-ring (bicyclic) bond motifs is 1. The normalized spacial score (nSPS) is 8.67. The molecule has 2 rings (SSSR count). The van der Waals surface area contributed by atoms with Gasteiger partial charge in [-0.05, 0) is 19.9 Å². The van der Waals surface area contributed by atoms with E-state index in [1.165, 1.54) is 0 Å². The number of H-pyrrole nitrogens is 1. The number of hydrogen-bond acceptors (Lipinski definition) is 2. The van der Waals surface area contributed by atoms with Crippen LogP contribution < -0.4 is 0 Å². The van der Waals surface area contributed by atoms with Crippen molar-refractivity contribution in [3.8, 4) is 0 Å². The highest BCUT2D eigenvalue weighted by molar-refractivity contribution is 5.77. The zero-order valence-corrected chi connectivity index (χ0v) is 10.5. The van der Waals surface area contributed by atoms with Crippen LogP contribution in [0.4, 0.5) is 0 Å². The third kappa shape index (κ3) is 3.35. The van der Waals surface area contributed by atoms with Crippen LogP contribution in [0.3, 0.4) is 0 Å². The first-order valence-electron chi connectivity index (χ1n) is 5.54. The van der Waals surface area contributed by atoms with Crippen LogP contribution >= 0.6 is 0 Å². The lowest BCUT2D eigenvalue weighted by atomic mass is 10.3. The molecule has 15 heavy (non-hydrogen) atoms. The maximum Gasteiger partial charge on any atom is 0.116 e. The summed E-state index contributed by atoms with van der Waals surface area (Å²) in [7, 11) is 0. The summed E-state index contributed by atoms with van der Waals surface area (Å²) in [6.07, 6.45) is 1.59. The molecule has 0 saturated heterocycles. The van der Waals surface area contributed by atoms with Crippen LogP contribution in [0.15, 0.2) is 12.4 Å². The molecule has 3 heteroatoms. The van der Waals surface area contributed by atoms with E-state index in [-0.39, 0.29) is 0 Å². The van der Waals surface area contributed by atoms with Crippen molar-refractivity contribution in [2.45, 2.75) is 41.5 Å². The number of aryl methyl sites for hydroxylation is 2. The van der Waals surface area contributed by atoms with Crippen molar-refractivity contribution in [3.63, 3.8) is 0 Å². The molecule has 0 saturated carbocycles. The van der Waals surface area contributed by atoms with Crippen LogP contribution in [-0.4, -0.2) is 15.0 Å².